The van der Waals surface area contributed by atoms with Crippen LogP contribution in [0.5, 0.6) is 0 Å². The summed E-state index contributed by atoms with van der Waals surface area (Å²) in [5, 5.41) is 7.09. The molecule has 4 rings (SSSR count). The number of carbonyl (C=O) groups excluding carboxylic acids is 2. The lowest BCUT2D eigenvalue weighted by Gasteiger charge is -2.18. The van der Waals surface area contributed by atoms with Gasteiger partial charge in [-0.15, -0.1) is 0 Å². The molecular formula is C21H28N4O3. The van der Waals surface area contributed by atoms with Crippen molar-refractivity contribution in [3.8, 4) is 0 Å². The fraction of sp³-hybridized carbons (Fsp3) is 0.571. The van der Waals surface area contributed by atoms with E-state index in [1.54, 1.807) is 10.9 Å². The fourth-order valence-electron chi connectivity index (χ4n) is 4.41. The number of amides is 1. The molecule has 0 saturated carbocycles. The summed E-state index contributed by atoms with van der Waals surface area (Å²) in [6.45, 7) is 4.79. The summed E-state index contributed by atoms with van der Waals surface area (Å²) in [7, 11) is 0. The zero-order valence-corrected chi connectivity index (χ0v) is 16.4. The van der Waals surface area contributed by atoms with E-state index in [-0.39, 0.29) is 24.2 Å². The average molecular weight is 384 g/mol. The van der Waals surface area contributed by atoms with Gasteiger partial charge >= 0.3 is 0 Å². The van der Waals surface area contributed by atoms with Crippen molar-refractivity contribution in [2.24, 2.45) is 0 Å². The predicted octanol–water partition coefficient (Wildman–Crippen LogP) is 2.05. The van der Waals surface area contributed by atoms with E-state index in [9.17, 15) is 9.59 Å². The number of aromatic nitrogens is 3. The number of carbonyl (C=O) groups is 2. The van der Waals surface area contributed by atoms with Gasteiger partial charge in [0.05, 0.1) is 19.1 Å². The summed E-state index contributed by atoms with van der Waals surface area (Å²) in [6, 6.07) is 1.86. The summed E-state index contributed by atoms with van der Waals surface area (Å²) in [5.41, 5.74) is 3.83. The molecule has 1 amide bonds. The number of ketones is 1. The molecule has 0 bridgehead atoms. The molecule has 150 valence electrons. The third kappa shape index (κ3) is 3.90. The molecule has 1 fully saturated rings. The SMILES string of the molecule is Cc1c(CC(=O)NCCn2cccn2)c2c(n1CC1CCCO1)CCCC2=O. The van der Waals surface area contributed by atoms with Crippen LogP contribution in [0.1, 0.15) is 53.0 Å². The Hall–Kier alpha value is -2.41. The molecular weight excluding hydrogens is 356 g/mol. The van der Waals surface area contributed by atoms with Gasteiger partial charge in [-0.05, 0) is 44.2 Å². The summed E-state index contributed by atoms with van der Waals surface area (Å²) in [5.74, 6) is 0.125. The first-order chi connectivity index (χ1) is 13.6. The summed E-state index contributed by atoms with van der Waals surface area (Å²) in [4.78, 5) is 25.2. The minimum Gasteiger partial charge on any atom is -0.376 e. The van der Waals surface area contributed by atoms with E-state index in [1.165, 1.54) is 0 Å². The molecule has 2 aromatic heterocycles. The monoisotopic (exact) mass is 384 g/mol. The molecule has 0 radical (unpaired) electrons. The summed E-state index contributed by atoms with van der Waals surface area (Å²) < 4.78 is 9.85. The molecule has 0 spiro atoms. The van der Waals surface area contributed by atoms with E-state index < -0.39 is 0 Å². The highest BCUT2D eigenvalue weighted by Gasteiger charge is 2.30. The van der Waals surface area contributed by atoms with Crippen molar-refractivity contribution in [2.75, 3.05) is 13.2 Å². The quantitative estimate of drug-likeness (QED) is 0.793. The van der Waals surface area contributed by atoms with Crippen molar-refractivity contribution >= 4 is 11.7 Å². The highest BCUT2D eigenvalue weighted by molar-refractivity contribution is 6.01. The van der Waals surface area contributed by atoms with E-state index in [4.69, 9.17) is 4.74 Å². The third-order valence-electron chi connectivity index (χ3n) is 5.82. The first-order valence-electron chi connectivity index (χ1n) is 10.2. The normalized spacial score (nSPS) is 19.0. The Morgan fingerprint density at radius 1 is 1.36 bits per heavy atom. The fourth-order valence-corrected chi connectivity index (χ4v) is 4.41. The average Bonchev–Trinajstić information content (AvgIpc) is 3.41. The smallest absolute Gasteiger partial charge is 0.224 e. The van der Waals surface area contributed by atoms with Crippen LogP contribution in [0.25, 0.3) is 0 Å². The van der Waals surface area contributed by atoms with Crippen molar-refractivity contribution < 1.29 is 14.3 Å². The molecule has 1 aliphatic carbocycles. The Balaban J connectivity index is 1.49. The van der Waals surface area contributed by atoms with Crippen molar-refractivity contribution in [3.05, 3.63) is 41.0 Å². The highest BCUT2D eigenvalue weighted by Crippen LogP contribution is 2.31. The number of nitrogens with zero attached hydrogens (tertiary/aromatic N) is 3. The van der Waals surface area contributed by atoms with E-state index in [2.05, 4.69) is 15.0 Å². The van der Waals surface area contributed by atoms with Gasteiger partial charge in [0, 0.05) is 55.5 Å². The molecule has 1 aliphatic heterocycles. The van der Waals surface area contributed by atoms with Crippen molar-refractivity contribution in [2.45, 2.75) is 64.6 Å². The standard InChI is InChI=1S/C21H28N4O3/c1-15-17(13-20(27)22-9-11-24-10-4-8-23-24)21-18(6-2-7-19(21)26)25(15)14-16-5-3-12-28-16/h4,8,10,16H,2-3,5-7,9,11-14H2,1H3,(H,22,27). The van der Waals surface area contributed by atoms with Gasteiger partial charge in [-0.2, -0.15) is 5.10 Å². The second-order valence-corrected chi connectivity index (χ2v) is 7.70. The number of rotatable bonds is 7. The Labute approximate surface area is 165 Å². The molecule has 2 aliphatic rings. The van der Waals surface area contributed by atoms with Crippen LogP contribution in [-0.2, 0) is 35.5 Å². The topological polar surface area (TPSA) is 78.2 Å². The molecule has 2 aromatic rings. The van der Waals surface area contributed by atoms with E-state index in [1.807, 2.05) is 19.2 Å². The molecule has 3 heterocycles. The van der Waals surface area contributed by atoms with Gasteiger partial charge in [0.2, 0.25) is 5.91 Å². The second-order valence-electron chi connectivity index (χ2n) is 7.70. The molecule has 7 nitrogen and oxygen atoms in total. The van der Waals surface area contributed by atoms with Crippen LogP contribution in [0.15, 0.2) is 18.5 Å². The van der Waals surface area contributed by atoms with Crippen LogP contribution in [0.3, 0.4) is 0 Å². The maximum atomic E-state index is 12.7. The van der Waals surface area contributed by atoms with Crippen LogP contribution in [0.2, 0.25) is 0 Å². The van der Waals surface area contributed by atoms with Gasteiger partial charge in [-0.25, -0.2) is 0 Å². The van der Waals surface area contributed by atoms with Crippen molar-refractivity contribution in [3.63, 3.8) is 0 Å². The largest absolute Gasteiger partial charge is 0.376 e. The van der Waals surface area contributed by atoms with Gasteiger partial charge in [0.1, 0.15) is 0 Å². The van der Waals surface area contributed by atoms with E-state index in [0.29, 0.717) is 19.5 Å². The Kier molecular flexibility index (Phi) is 5.62. The Bertz CT molecular complexity index is 848. The third-order valence-corrected chi connectivity index (χ3v) is 5.82. The number of hydrogen-bond acceptors (Lipinski definition) is 4. The first-order valence-corrected chi connectivity index (χ1v) is 10.2. The summed E-state index contributed by atoms with van der Waals surface area (Å²) in [6.07, 6.45) is 8.56. The number of ether oxygens (including phenoxy) is 1. The van der Waals surface area contributed by atoms with Gasteiger partial charge in [-0.3, -0.25) is 14.3 Å². The second kappa shape index (κ2) is 8.31. The number of nitrogens with one attached hydrogen (secondary N) is 1. The lowest BCUT2D eigenvalue weighted by molar-refractivity contribution is -0.120. The number of Topliss-reactive ketones (excluding diaryl/α,β-unsaturated/α-hetero) is 1. The zero-order valence-electron chi connectivity index (χ0n) is 16.4. The minimum absolute atomic E-state index is 0.0503. The Morgan fingerprint density at radius 2 is 2.25 bits per heavy atom. The lowest BCUT2D eigenvalue weighted by atomic mass is 9.92. The van der Waals surface area contributed by atoms with Crippen molar-refractivity contribution in [1.82, 2.24) is 19.7 Å². The van der Waals surface area contributed by atoms with Crippen LogP contribution >= 0.6 is 0 Å². The molecule has 1 saturated heterocycles. The Morgan fingerprint density at radius 3 is 3.00 bits per heavy atom. The molecule has 1 unspecified atom stereocenters. The molecule has 28 heavy (non-hydrogen) atoms. The van der Waals surface area contributed by atoms with Crippen LogP contribution in [-0.4, -0.2) is 45.3 Å². The highest BCUT2D eigenvalue weighted by atomic mass is 16.5. The number of fused-ring (bicyclic) bond motifs is 1. The molecule has 0 aromatic carbocycles. The zero-order chi connectivity index (χ0) is 19.5. The van der Waals surface area contributed by atoms with Crippen LogP contribution in [0, 0.1) is 6.92 Å². The molecule has 1 atom stereocenters. The minimum atomic E-state index is -0.0503. The maximum Gasteiger partial charge on any atom is 0.224 e. The van der Waals surface area contributed by atoms with Gasteiger partial charge in [0.25, 0.3) is 0 Å². The first kappa shape index (κ1) is 18.9. The lowest BCUT2D eigenvalue weighted by Crippen LogP contribution is -2.29. The van der Waals surface area contributed by atoms with E-state index >= 15 is 0 Å². The molecule has 1 N–H and O–H groups in total. The van der Waals surface area contributed by atoms with Crippen LogP contribution in [0.4, 0.5) is 0 Å². The number of hydrogen-bond donors (Lipinski definition) is 1. The van der Waals surface area contributed by atoms with Gasteiger partial charge < -0.3 is 14.6 Å². The van der Waals surface area contributed by atoms with Gasteiger partial charge in [-0.1, -0.05) is 0 Å². The predicted molar refractivity (Wildman–Crippen MR) is 104 cm³/mol. The van der Waals surface area contributed by atoms with Crippen molar-refractivity contribution in [1.29, 1.82) is 0 Å². The van der Waals surface area contributed by atoms with E-state index in [0.717, 1.165) is 61.3 Å². The summed E-state index contributed by atoms with van der Waals surface area (Å²) >= 11 is 0. The maximum absolute atomic E-state index is 12.7. The van der Waals surface area contributed by atoms with Gasteiger partial charge in [0.15, 0.2) is 5.78 Å². The van der Waals surface area contributed by atoms with Crippen LogP contribution < -0.4 is 5.32 Å². The molecule has 7 heteroatoms.